The highest BCUT2D eigenvalue weighted by Gasteiger charge is 2.26. The number of piperidine rings is 1. The molecule has 0 spiro atoms. The molecule has 7 heteroatoms. The van der Waals surface area contributed by atoms with Gasteiger partial charge in [0, 0.05) is 49.9 Å². The fourth-order valence-electron chi connectivity index (χ4n) is 3.45. The molecule has 0 saturated carbocycles. The van der Waals surface area contributed by atoms with Crippen molar-refractivity contribution in [2.24, 2.45) is 0 Å². The molecule has 0 amide bonds. The molecule has 0 aromatic carbocycles. The zero-order valence-corrected chi connectivity index (χ0v) is 14.8. The molecular formula is C19H22N6O. The van der Waals surface area contributed by atoms with E-state index in [0.29, 0.717) is 11.8 Å². The van der Waals surface area contributed by atoms with Crippen LogP contribution in [0.15, 0.2) is 49.1 Å². The first-order valence-corrected chi connectivity index (χ1v) is 8.86. The van der Waals surface area contributed by atoms with Crippen LogP contribution in [0.25, 0.3) is 0 Å². The monoisotopic (exact) mass is 350 g/mol. The number of methoxy groups -OCH3 is 1. The molecule has 1 atom stereocenters. The molecule has 0 radical (unpaired) electrons. The quantitative estimate of drug-likeness (QED) is 0.704. The largest absolute Gasteiger partial charge is 0.481 e. The topological polar surface area (TPSA) is 69.0 Å². The summed E-state index contributed by atoms with van der Waals surface area (Å²) in [7, 11) is 1.62. The van der Waals surface area contributed by atoms with Crippen molar-refractivity contribution in [1.29, 1.82) is 0 Å². The number of pyridine rings is 1. The molecule has 0 unspecified atom stereocenters. The Balaban J connectivity index is 1.52. The van der Waals surface area contributed by atoms with E-state index >= 15 is 0 Å². The highest BCUT2D eigenvalue weighted by Crippen LogP contribution is 2.28. The van der Waals surface area contributed by atoms with E-state index in [1.54, 1.807) is 19.4 Å². The van der Waals surface area contributed by atoms with Crippen LogP contribution in [0, 0.1) is 0 Å². The van der Waals surface area contributed by atoms with E-state index in [1.165, 1.54) is 0 Å². The number of hydrogen-bond donors (Lipinski definition) is 0. The standard InChI is InChI=1S/C19H22N6O/c1-26-17-7-9-22-19(23-17)25-11-4-5-15(13-25)18-21-10-12-24(18)14-16-6-2-3-8-20-16/h2-3,6-10,12,15H,4-5,11,13-14H2,1H3/t15-/m1/s1. The summed E-state index contributed by atoms with van der Waals surface area (Å²) in [5, 5.41) is 0. The van der Waals surface area contributed by atoms with Crippen LogP contribution in [0.5, 0.6) is 5.88 Å². The van der Waals surface area contributed by atoms with Crippen molar-refractivity contribution in [3.8, 4) is 5.88 Å². The van der Waals surface area contributed by atoms with Gasteiger partial charge in [0.05, 0.1) is 19.3 Å². The van der Waals surface area contributed by atoms with Gasteiger partial charge in [-0.1, -0.05) is 6.07 Å². The first-order valence-electron chi connectivity index (χ1n) is 8.86. The van der Waals surface area contributed by atoms with E-state index in [-0.39, 0.29) is 0 Å². The molecule has 1 saturated heterocycles. The fraction of sp³-hybridized carbons (Fsp3) is 0.368. The predicted molar refractivity (Wildman–Crippen MR) is 98.3 cm³/mol. The summed E-state index contributed by atoms with van der Waals surface area (Å²) >= 11 is 0. The molecule has 1 fully saturated rings. The van der Waals surface area contributed by atoms with Crippen molar-refractivity contribution in [1.82, 2.24) is 24.5 Å². The number of anilines is 1. The number of ether oxygens (including phenoxy) is 1. The van der Waals surface area contributed by atoms with Crippen LogP contribution in [0.3, 0.4) is 0 Å². The first-order chi connectivity index (χ1) is 12.8. The molecule has 3 aromatic rings. The van der Waals surface area contributed by atoms with Crippen molar-refractivity contribution in [2.45, 2.75) is 25.3 Å². The second-order valence-electron chi connectivity index (χ2n) is 6.42. The molecule has 4 rings (SSSR count). The van der Waals surface area contributed by atoms with Crippen LogP contribution in [-0.4, -0.2) is 44.7 Å². The summed E-state index contributed by atoms with van der Waals surface area (Å²) in [6.07, 6.45) is 9.67. The van der Waals surface area contributed by atoms with E-state index in [4.69, 9.17) is 4.74 Å². The smallest absolute Gasteiger partial charge is 0.228 e. The normalized spacial score (nSPS) is 17.3. The zero-order chi connectivity index (χ0) is 17.8. The maximum atomic E-state index is 5.23. The van der Waals surface area contributed by atoms with Gasteiger partial charge in [-0.05, 0) is 25.0 Å². The van der Waals surface area contributed by atoms with Gasteiger partial charge in [-0.25, -0.2) is 9.97 Å². The van der Waals surface area contributed by atoms with Crippen LogP contribution >= 0.6 is 0 Å². The summed E-state index contributed by atoms with van der Waals surface area (Å²) in [6, 6.07) is 7.76. The lowest BCUT2D eigenvalue weighted by Gasteiger charge is -2.32. The lowest BCUT2D eigenvalue weighted by Crippen LogP contribution is -2.36. The van der Waals surface area contributed by atoms with Crippen molar-refractivity contribution in [2.75, 3.05) is 25.1 Å². The Morgan fingerprint density at radius 3 is 2.92 bits per heavy atom. The minimum atomic E-state index is 0.345. The summed E-state index contributed by atoms with van der Waals surface area (Å²) in [6.45, 7) is 2.54. The summed E-state index contributed by atoms with van der Waals surface area (Å²) in [5.74, 6) is 2.76. The number of nitrogens with zero attached hydrogens (tertiary/aromatic N) is 6. The average Bonchev–Trinajstić information content (AvgIpc) is 3.17. The van der Waals surface area contributed by atoms with E-state index in [0.717, 1.165) is 49.9 Å². The molecule has 0 N–H and O–H groups in total. The molecule has 4 heterocycles. The fourth-order valence-corrected chi connectivity index (χ4v) is 3.45. The molecule has 0 aliphatic carbocycles. The zero-order valence-electron chi connectivity index (χ0n) is 14.8. The Morgan fingerprint density at radius 1 is 1.12 bits per heavy atom. The summed E-state index contributed by atoms with van der Waals surface area (Å²) in [4.78, 5) is 20.2. The van der Waals surface area contributed by atoms with Gasteiger partial charge in [0.25, 0.3) is 0 Å². The molecular weight excluding hydrogens is 328 g/mol. The third kappa shape index (κ3) is 3.51. The Hall–Kier alpha value is -2.96. The molecule has 134 valence electrons. The maximum absolute atomic E-state index is 5.23. The lowest BCUT2D eigenvalue weighted by atomic mass is 9.97. The average molecular weight is 350 g/mol. The van der Waals surface area contributed by atoms with Gasteiger partial charge in [0.15, 0.2) is 0 Å². The van der Waals surface area contributed by atoms with Gasteiger partial charge in [-0.15, -0.1) is 0 Å². The van der Waals surface area contributed by atoms with Crippen molar-refractivity contribution in [3.63, 3.8) is 0 Å². The summed E-state index contributed by atoms with van der Waals surface area (Å²) < 4.78 is 7.43. The summed E-state index contributed by atoms with van der Waals surface area (Å²) in [5.41, 5.74) is 1.04. The third-order valence-electron chi connectivity index (χ3n) is 4.70. The van der Waals surface area contributed by atoms with Crippen molar-refractivity contribution in [3.05, 3.63) is 60.6 Å². The van der Waals surface area contributed by atoms with Crippen LogP contribution in [0.1, 0.15) is 30.3 Å². The second-order valence-corrected chi connectivity index (χ2v) is 6.42. The third-order valence-corrected chi connectivity index (χ3v) is 4.70. The van der Waals surface area contributed by atoms with Gasteiger partial charge in [-0.2, -0.15) is 4.98 Å². The van der Waals surface area contributed by atoms with E-state index in [9.17, 15) is 0 Å². The molecule has 1 aliphatic rings. The minimum absolute atomic E-state index is 0.345. The first kappa shape index (κ1) is 16.5. The maximum Gasteiger partial charge on any atom is 0.228 e. The van der Waals surface area contributed by atoms with Gasteiger partial charge in [0.1, 0.15) is 5.82 Å². The minimum Gasteiger partial charge on any atom is -0.481 e. The Morgan fingerprint density at radius 2 is 2.08 bits per heavy atom. The number of aromatic nitrogens is 5. The lowest BCUT2D eigenvalue weighted by molar-refractivity contribution is 0.395. The number of imidazole rings is 1. The van der Waals surface area contributed by atoms with E-state index in [2.05, 4.69) is 29.4 Å². The SMILES string of the molecule is COc1ccnc(N2CCC[C@@H](c3nccn3Cc3ccccn3)C2)n1. The van der Waals surface area contributed by atoms with Gasteiger partial charge in [-0.3, -0.25) is 4.98 Å². The van der Waals surface area contributed by atoms with Gasteiger partial charge < -0.3 is 14.2 Å². The van der Waals surface area contributed by atoms with Crippen molar-refractivity contribution >= 4 is 5.95 Å². The molecule has 7 nitrogen and oxygen atoms in total. The van der Waals surface area contributed by atoms with E-state index in [1.807, 2.05) is 36.8 Å². The number of rotatable bonds is 5. The molecule has 3 aromatic heterocycles. The predicted octanol–water partition coefficient (Wildman–Crippen LogP) is 2.51. The van der Waals surface area contributed by atoms with Crippen LogP contribution < -0.4 is 9.64 Å². The Labute approximate surface area is 152 Å². The van der Waals surface area contributed by atoms with Crippen LogP contribution in [0.2, 0.25) is 0 Å². The van der Waals surface area contributed by atoms with Crippen LogP contribution in [0.4, 0.5) is 5.95 Å². The van der Waals surface area contributed by atoms with Gasteiger partial charge in [0.2, 0.25) is 11.8 Å². The van der Waals surface area contributed by atoms with Gasteiger partial charge >= 0.3 is 0 Å². The highest BCUT2D eigenvalue weighted by atomic mass is 16.5. The second kappa shape index (κ2) is 7.51. The van der Waals surface area contributed by atoms with Crippen molar-refractivity contribution < 1.29 is 4.74 Å². The van der Waals surface area contributed by atoms with Crippen LogP contribution in [-0.2, 0) is 6.54 Å². The van der Waals surface area contributed by atoms with E-state index < -0.39 is 0 Å². The Kier molecular flexibility index (Phi) is 4.77. The molecule has 26 heavy (non-hydrogen) atoms. The molecule has 1 aliphatic heterocycles. The number of hydrogen-bond acceptors (Lipinski definition) is 6. The highest BCUT2D eigenvalue weighted by molar-refractivity contribution is 5.34. The Bertz CT molecular complexity index is 850. The molecule has 0 bridgehead atoms.